The van der Waals surface area contributed by atoms with Crippen LogP contribution in [0.5, 0.6) is 0 Å². The van der Waals surface area contributed by atoms with Crippen LogP contribution in [0.3, 0.4) is 0 Å². The fourth-order valence-corrected chi connectivity index (χ4v) is 2.43. The highest BCUT2D eigenvalue weighted by Crippen LogP contribution is 2.32. The molecule has 0 aromatic carbocycles. The molecule has 1 fully saturated rings. The van der Waals surface area contributed by atoms with Crippen molar-refractivity contribution < 1.29 is 5.11 Å². The van der Waals surface area contributed by atoms with Gasteiger partial charge in [-0.15, -0.1) is 0 Å². The van der Waals surface area contributed by atoms with Gasteiger partial charge in [-0.05, 0) is 24.8 Å². The molecule has 2 rings (SSSR count). The van der Waals surface area contributed by atoms with E-state index in [1.54, 1.807) is 18.5 Å². The van der Waals surface area contributed by atoms with E-state index in [0.29, 0.717) is 18.4 Å². The van der Waals surface area contributed by atoms with Gasteiger partial charge in [-0.25, -0.2) is 9.97 Å². The summed E-state index contributed by atoms with van der Waals surface area (Å²) in [5.41, 5.74) is -0.586. The molecule has 88 valence electrons. The normalized spacial score (nSPS) is 30.0. The van der Waals surface area contributed by atoms with Gasteiger partial charge >= 0.3 is 0 Å². The standard InChI is InChI=1S/C12H19N3O/c1-10-4-2-5-12(16,8-10)9-15-11-13-6-3-7-14-11/h3,6-7,10,16H,2,4-5,8-9H2,1H3,(H,13,14,15). The average molecular weight is 221 g/mol. The number of hydrogen-bond donors (Lipinski definition) is 2. The Hall–Kier alpha value is -1.16. The largest absolute Gasteiger partial charge is 0.388 e. The first-order valence-corrected chi connectivity index (χ1v) is 5.91. The van der Waals surface area contributed by atoms with Gasteiger partial charge in [-0.2, -0.15) is 0 Å². The zero-order chi connectivity index (χ0) is 11.4. The van der Waals surface area contributed by atoms with Crippen LogP contribution in [0.15, 0.2) is 18.5 Å². The summed E-state index contributed by atoms with van der Waals surface area (Å²) in [4.78, 5) is 8.16. The van der Waals surface area contributed by atoms with Crippen molar-refractivity contribution in [2.45, 2.75) is 38.2 Å². The molecule has 0 bridgehead atoms. The zero-order valence-electron chi connectivity index (χ0n) is 9.69. The van der Waals surface area contributed by atoms with Crippen LogP contribution in [-0.2, 0) is 0 Å². The molecule has 0 aliphatic heterocycles. The van der Waals surface area contributed by atoms with E-state index >= 15 is 0 Å². The number of nitrogens with one attached hydrogen (secondary N) is 1. The van der Waals surface area contributed by atoms with Crippen molar-refractivity contribution in [2.24, 2.45) is 5.92 Å². The molecule has 1 aromatic heterocycles. The molecular weight excluding hydrogens is 202 g/mol. The van der Waals surface area contributed by atoms with Crippen LogP contribution in [0.1, 0.15) is 32.6 Å². The molecule has 4 nitrogen and oxygen atoms in total. The van der Waals surface area contributed by atoms with Crippen LogP contribution < -0.4 is 5.32 Å². The topological polar surface area (TPSA) is 58.0 Å². The Morgan fingerprint density at radius 3 is 2.94 bits per heavy atom. The van der Waals surface area contributed by atoms with Gasteiger partial charge in [-0.1, -0.05) is 19.8 Å². The van der Waals surface area contributed by atoms with Gasteiger partial charge in [0, 0.05) is 18.9 Å². The Labute approximate surface area is 96.1 Å². The highest BCUT2D eigenvalue weighted by molar-refractivity contribution is 5.23. The second-order valence-corrected chi connectivity index (χ2v) is 4.85. The molecule has 4 heteroatoms. The number of rotatable bonds is 3. The van der Waals surface area contributed by atoms with Crippen molar-refractivity contribution in [2.75, 3.05) is 11.9 Å². The lowest BCUT2D eigenvalue weighted by Crippen LogP contribution is -2.41. The van der Waals surface area contributed by atoms with Crippen molar-refractivity contribution in [3.05, 3.63) is 18.5 Å². The first kappa shape index (κ1) is 11.3. The predicted octanol–water partition coefficient (Wildman–Crippen LogP) is 1.83. The molecule has 1 aromatic rings. The van der Waals surface area contributed by atoms with Gasteiger partial charge in [0.2, 0.25) is 5.95 Å². The van der Waals surface area contributed by atoms with Crippen LogP contribution >= 0.6 is 0 Å². The molecule has 2 N–H and O–H groups in total. The monoisotopic (exact) mass is 221 g/mol. The first-order valence-electron chi connectivity index (χ1n) is 5.91. The lowest BCUT2D eigenvalue weighted by atomic mass is 9.79. The molecule has 0 amide bonds. The third kappa shape index (κ3) is 2.92. The van der Waals surface area contributed by atoms with Gasteiger partial charge in [0.15, 0.2) is 0 Å². The molecule has 0 radical (unpaired) electrons. The van der Waals surface area contributed by atoms with E-state index < -0.39 is 5.60 Å². The minimum absolute atomic E-state index is 0.543. The van der Waals surface area contributed by atoms with Crippen molar-refractivity contribution in [3.8, 4) is 0 Å². The van der Waals surface area contributed by atoms with Crippen molar-refractivity contribution in [1.29, 1.82) is 0 Å². The number of hydrogen-bond acceptors (Lipinski definition) is 4. The third-order valence-electron chi connectivity index (χ3n) is 3.21. The number of aromatic nitrogens is 2. The van der Waals surface area contributed by atoms with E-state index in [1.807, 2.05) is 0 Å². The maximum atomic E-state index is 10.4. The van der Waals surface area contributed by atoms with E-state index in [0.717, 1.165) is 19.3 Å². The maximum absolute atomic E-state index is 10.4. The predicted molar refractivity (Wildman–Crippen MR) is 63.1 cm³/mol. The lowest BCUT2D eigenvalue weighted by molar-refractivity contribution is -0.000895. The summed E-state index contributed by atoms with van der Waals surface area (Å²) in [5.74, 6) is 1.20. The van der Waals surface area contributed by atoms with Gasteiger partial charge < -0.3 is 10.4 Å². The number of anilines is 1. The van der Waals surface area contributed by atoms with Crippen LogP contribution in [0.4, 0.5) is 5.95 Å². The summed E-state index contributed by atoms with van der Waals surface area (Å²) in [6.07, 6.45) is 7.47. The molecule has 1 aliphatic carbocycles. The van der Waals surface area contributed by atoms with Gasteiger partial charge in [0.25, 0.3) is 0 Å². The highest BCUT2D eigenvalue weighted by atomic mass is 16.3. The van der Waals surface area contributed by atoms with Crippen molar-refractivity contribution in [3.63, 3.8) is 0 Å². The average Bonchev–Trinajstić information content (AvgIpc) is 2.28. The number of nitrogens with zero attached hydrogens (tertiary/aromatic N) is 2. The summed E-state index contributed by atoms with van der Waals surface area (Å²) < 4.78 is 0. The molecule has 2 atom stereocenters. The fourth-order valence-electron chi connectivity index (χ4n) is 2.43. The Kier molecular flexibility index (Phi) is 3.39. The SMILES string of the molecule is CC1CCCC(O)(CNc2ncccn2)C1. The minimum Gasteiger partial charge on any atom is -0.388 e. The maximum Gasteiger partial charge on any atom is 0.222 e. The number of aliphatic hydroxyl groups is 1. The van der Waals surface area contributed by atoms with Crippen molar-refractivity contribution in [1.82, 2.24) is 9.97 Å². The second-order valence-electron chi connectivity index (χ2n) is 4.85. The summed E-state index contributed by atoms with van der Waals surface area (Å²) in [6, 6.07) is 1.78. The van der Waals surface area contributed by atoms with Gasteiger partial charge in [0.1, 0.15) is 0 Å². The fraction of sp³-hybridized carbons (Fsp3) is 0.667. The summed E-state index contributed by atoms with van der Waals surface area (Å²) >= 11 is 0. The van der Waals surface area contributed by atoms with Gasteiger partial charge in [0.05, 0.1) is 5.60 Å². The third-order valence-corrected chi connectivity index (χ3v) is 3.21. The summed E-state index contributed by atoms with van der Waals surface area (Å²) in [5, 5.41) is 13.5. The molecule has 1 heterocycles. The van der Waals surface area contributed by atoms with Crippen molar-refractivity contribution >= 4 is 5.95 Å². The lowest BCUT2D eigenvalue weighted by Gasteiger charge is -2.35. The molecule has 0 saturated heterocycles. The van der Waals surface area contributed by atoms with Crippen LogP contribution in [0, 0.1) is 5.92 Å². The van der Waals surface area contributed by atoms with E-state index in [1.165, 1.54) is 6.42 Å². The van der Waals surface area contributed by atoms with E-state index in [9.17, 15) is 5.11 Å². The van der Waals surface area contributed by atoms with Crippen LogP contribution in [0.25, 0.3) is 0 Å². The molecule has 0 spiro atoms. The smallest absolute Gasteiger partial charge is 0.222 e. The Balaban J connectivity index is 1.89. The summed E-state index contributed by atoms with van der Waals surface area (Å²) in [7, 11) is 0. The zero-order valence-corrected chi connectivity index (χ0v) is 9.69. The molecular formula is C12H19N3O. The Bertz CT molecular complexity index is 330. The van der Waals surface area contributed by atoms with Crippen LogP contribution in [0.2, 0.25) is 0 Å². The Morgan fingerprint density at radius 2 is 2.25 bits per heavy atom. The molecule has 2 unspecified atom stereocenters. The Morgan fingerprint density at radius 1 is 1.50 bits per heavy atom. The second kappa shape index (κ2) is 4.78. The van der Waals surface area contributed by atoms with E-state index in [4.69, 9.17) is 0 Å². The molecule has 1 saturated carbocycles. The minimum atomic E-state index is -0.586. The highest BCUT2D eigenvalue weighted by Gasteiger charge is 2.32. The molecule has 1 aliphatic rings. The van der Waals surface area contributed by atoms with E-state index in [-0.39, 0.29) is 0 Å². The molecule has 16 heavy (non-hydrogen) atoms. The summed E-state index contributed by atoms with van der Waals surface area (Å²) in [6.45, 7) is 2.74. The van der Waals surface area contributed by atoms with Crippen LogP contribution in [-0.4, -0.2) is 27.2 Å². The quantitative estimate of drug-likeness (QED) is 0.817. The van der Waals surface area contributed by atoms with Gasteiger partial charge in [-0.3, -0.25) is 0 Å². The first-order chi connectivity index (χ1) is 7.68. The van der Waals surface area contributed by atoms with E-state index in [2.05, 4.69) is 22.2 Å².